The third-order valence-corrected chi connectivity index (χ3v) is 3.96. The van der Waals surface area contributed by atoms with Crippen LogP contribution in [0.2, 0.25) is 0 Å². The van der Waals surface area contributed by atoms with E-state index in [0.29, 0.717) is 0 Å². The topological polar surface area (TPSA) is 47.3 Å². The highest BCUT2D eigenvalue weighted by molar-refractivity contribution is 5.28. The number of nitrogens with one attached hydrogen (secondary N) is 1. The Kier molecular flexibility index (Phi) is 5.97. The molecule has 3 heteroatoms. The maximum Gasteiger partial charge on any atom is 0.0789 e. The van der Waals surface area contributed by atoms with E-state index in [1.165, 1.54) is 11.1 Å². The van der Waals surface area contributed by atoms with Crippen LogP contribution in [0.25, 0.3) is 0 Å². The van der Waals surface area contributed by atoms with E-state index >= 15 is 0 Å². The van der Waals surface area contributed by atoms with E-state index in [-0.39, 0.29) is 23.0 Å². The number of hydrogen-bond acceptors (Lipinski definition) is 3. The lowest BCUT2D eigenvalue weighted by Gasteiger charge is -2.35. The molecule has 21 heavy (non-hydrogen) atoms. The summed E-state index contributed by atoms with van der Waals surface area (Å²) in [7, 11) is 1.75. The molecule has 0 saturated heterocycles. The van der Waals surface area contributed by atoms with Gasteiger partial charge in [-0.15, -0.1) is 0 Å². The fourth-order valence-corrected chi connectivity index (χ4v) is 2.77. The minimum Gasteiger partial charge on any atom is -0.379 e. The Hall–Kier alpha value is -0.900. The molecule has 0 aliphatic rings. The maximum atomic E-state index is 5.76. The number of hydrogen-bond donors (Lipinski definition) is 2. The highest BCUT2D eigenvalue weighted by Gasteiger charge is 2.31. The van der Waals surface area contributed by atoms with Crippen molar-refractivity contribution in [1.29, 1.82) is 0 Å². The second-order valence-corrected chi connectivity index (χ2v) is 7.95. The molecule has 120 valence electrons. The minimum atomic E-state index is 0.0388. The van der Waals surface area contributed by atoms with Gasteiger partial charge in [0.1, 0.15) is 0 Å². The zero-order valence-electron chi connectivity index (χ0n) is 14.7. The second-order valence-electron chi connectivity index (χ2n) is 7.95. The summed E-state index contributed by atoms with van der Waals surface area (Å²) in [4.78, 5) is 0. The molecule has 1 aromatic rings. The van der Waals surface area contributed by atoms with Gasteiger partial charge in [-0.25, -0.2) is 0 Å². The maximum absolute atomic E-state index is 5.76. The number of benzene rings is 1. The van der Waals surface area contributed by atoms with E-state index in [2.05, 4.69) is 71.2 Å². The van der Waals surface area contributed by atoms with Crippen LogP contribution in [0.4, 0.5) is 0 Å². The number of methoxy groups -OCH3 is 1. The zero-order chi connectivity index (χ0) is 16.3. The van der Waals surface area contributed by atoms with E-state index < -0.39 is 0 Å². The van der Waals surface area contributed by atoms with Crippen molar-refractivity contribution in [3.8, 4) is 0 Å². The first-order valence-corrected chi connectivity index (χ1v) is 7.68. The van der Waals surface area contributed by atoms with Crippen molar-refractivity contribution in [2.75, 3.05) is 7.11 Å². The number of ether oxygens (including phenoxy) is 1. The summed E-state index contributed by atoms with van der Waals surface area (Å²) in [5.41, 5.74) is 5.78. The number of hydrazine groups is 1. The standard InChI is InChI=1S/C18H32N2O/c1-17(2,3)14-10-8-13(9-11-14)12-15(20-19)16(21-7)18(4,5)6/h8-11,15-16,20H,12,19H2,1-7H3. The van der Waals surface area contributed by atoms with Gasteiger partial charge in [0.25, 0.3) is 0 Å². The first-order chi connectivity index (χ1) is 9.59. The van der Waals surface area contributed by atoms with Crippen molar-refractivity contribution < 1.29 is 4.74 Å². The minimum absolute atomic E-state index is 0.0388. The van der Waals surface area contributed by atoms with Crippen molar-refractivity contribution in [2.24, 2.45) is 11.3 Å². The molecule has 3 N–H and O–H groups in total. The third-order valence-electron chi connectivity index (χ3n) is 3.96. The van der Waals surface area contributed by atoms with Crippen molar-refractivity contribution in [3.05, 3.63) is 35.4 Å². The van der Waals surface area contributed by atoms with Gasteiger partial charge in [0, 0.05) is 7.11 Å². The molecule has 1 aromatic carbocycles. The average molecular weight is 292 g/mol. The number of nitrogens with two attached hydrogens (primary N) is 1. The molecule has 0 aromatic heterocycles. The van der Waals surface area contributed by atoms with E-state index in [4.69, 9.17) is 10.6 Å². The smallest absolute Gasteiger partial charge is 0.0789 e. The van der Waals surface area contributed by atoms with Crippen LogP contribution in [0.1, 0.15) is 52.7 Å². The van der Waals surface area contributed by atoms with Crippen LogP contribution in [-0.4, -0.2) is 19.3 Å². The summed E-state index contributed by atoms with van der Waals surface area (Å²) in [6.45, 7) is 13.2. The second kappa shape index (κ2) is 6.91. The molecular formula is C18H32N2O. The summed E-state index contributed by atoms with van der Waals surface area (Å²) in [6.07, 6.45) is 0.918. The van der Waals surface area contributed by atoms with Crippen LogP contribution in [0.5, 0.6) is 0 Å². The normalized spacial score (nSPS) is 15.8. The summed E-state index contributed by atoms with van der Waals surface area (Å²) in [5.74, 6) is 5.76. The Labute approximate surface area is 130 Å². The average Bonchev–Trinajstić information content (AvgIpc) is 2.36. The summed E-state index contributed by atoms with van der Waals surface area (Å²) in [5, 5.41) is 0. The van der Waals surface area contributed by atoms with Gasteiger partial charge < -0.3 is 4.74 Å². The molecule has 0 fully saturated rings. The molecule has 0 aliphatic carbocycles. The monoisotopic (exact) mass is 292 g/mol. The van der Waals surface area contributed by atoms with Gasteiger partial charge in [-0.1, -0.05) is 65.8 Å². The van der Waals surface area contributed by atoms with Crippen molar-refractivity contribution >= 4 is 0 Å². The van der Waals surface area contributed by atoms with Crippen LogP contribution in [0, 0.1) is 5.41 Å². The molecule has 2 unspecified atom stereocenters. The first kappa shape index (κ1) is 18.1. The van der Waals surface area contributed by atoms with Gasteiger partial charge in [0.2, 0.25) is 0 Å². The van der Waals surface area contributed by atoms with Gasteiger partial charge >= 0.3 is 0 Å². The Balaban J connectivity index is 2.87. The summed E-state index contributed by atoms with van der Waals surface area (Å²) >= 11 is 0. The van der Waals surface area contributed by atoms with Crippen molar-refractivity contribution in [1.82, 2.24) is 5.43 Å². The SMILES string of the molecule is COC(C(Cc1ccc(C(C)(C)C)cc1)NN)C(C)(C)C. The van der Waals surface area contributed by atoms with Gasteiger partial charge in [0.05, 0.1) is 12.1 Å². The fraction of sp³-hybridized carbons (Fsp3) is 0.667. The lowest BCUT2D eigenvalue weighted by atomic mass is 9.82. The lowest BCUT2D eigenvalue weighted by Crippen LogP contribution is -2.51. The van der Waals surface area contributed by atoms with E-state index in [0.717, 1.165) is 6.42 Å². The molecule has 1 rings (SSSR count). The van der Waals surface area contributed by atoms with Crippen LogP contribution >= 0.6 is 0 Å². The van der Waals surface area contributed by atoms with Gasteiger partial charge in [-0.3, -0.25) is 11.3 Å². The molecule has 0 heterocycles. The predicted molar refractivity (Wildman–Crippen MR) is 90.2 cm³/mol. The van der Waals surface area contributed by atoms with E-state index in [9.17, 15) is 0 Å². The molecular weight excluding hydrogens is 260 g/mol. The highest BCUT2D eigenvalue weighted by Crippen LogP contribution is 2.27. The quantitative estimate of drug-likeness (QED) is 0.646. The largest absolute Gasteiger partial charge is 0.379 e. The van der Waals surface area contributed by atoms with Gasteiger partial charge in [-0.2, -0.15) is 0 Å². The van der Waals surface area contributed by atoms with E-state index in [1.807, 2.05) is 0 Å². The summed E-state index contributed by atoms with van der Waals surface area (Å²) < 4.78 is 5.68. The Bertz CT molecular complexity index is 426. The molecule has 0 radical (unpaired) electrons. The van der Waals surface area contributed by atoms with Crippen LogP contribution < -0.4 is 11.3 Å². The Morgan fingerprint density at radius 2 is 1.57 bits per heavy atom. The van der Waals surface area contributed by atoms with E-state index in [1.54, 1.807) is 7.11 Å². The van der Waals surface area contributed by atoms with Crippen LogP contribution in [0.15, 0.2) is 24.3 Å². The zero-order valence-corrected chi connectivity index (χ0v) is 14.7. The molecule has 2 atom stereocenters. The van der Waals surface area contributed by atoms with Crippen molar-refractivity contribution in [3.63, 3.8) is 0 Å². The third kappa shape index (κ3) is 5.10. The van der Waals surface area contributed by atoms with Gasteiger partial charge in [0.15, 0.2) is 0 Å². The summed E-state index contributed by atoms with van der Waals surface area (Å²) in [6, 6.07) is 8.90. The molecule has 0 aliphatic heterocycles. The molecule has 0 amide bonds. The Morgan fingerprint density at radius 3 is 1.90 bits per heavy atom. The van der Waals surface area contributed by atoms with Crippen LogP contribution in [-0.2, 0) is 16.6 Å². The molecule has 3 nitrogen and oxygen atoms in total. The van der Waals surface area contributed by atoms with Gasteiger partial charge in [-0.05, 0) is 28.4 Å². The molecule has 0 saturated carbocycles. The highest BCUT2D eigenvalue weighted by atomic mass is 16.5. The number of rotatable bonds is 5. The molecule has 0 spiro atoms. The predicted octanol–water partition coefficient (Wildman–Crippen LogP) is 3.42. The van der Waals surface area contributed by atoms with Crippen LogP contribution in [0.3, 0.4) is 0 Å². The molecule has 0 bridgehead atoms. The van der Waals surface area contributed by atoms with Crippen molar-refractivity contribution in [2.45, 2.75) is 65.5 Å². The lowest BCUT2D eigenvalue weighted by molar-refractivity contribution is -0.0110. The first-order valence-electron chi connectivity index (χ1n) is 7.68. The fourth-order valence-electron chi connectivity index (χ4n) is 2.77. The Morgan fingerprint density at radius 1 is 1.05 bits per heavy atom.